The number of hydrogen-bond donors (Lipinski definition) is 1. The zero-order chi connectivity index (χ0) is 10.1. The number of ketones is 1. The lowest BCUT2D eigenvalue weighted by atomic mass is 9.86. The SMILES string of the molecule is C=C1C(=O)C(O)=C2CCCCCC[C@@H]12. The van der Waals surface area contributed by atoms with Gasteiger partial charge in [-0.25, -0.2) is 0 Å². The first kappa shape index (κ1) is 9.50. The molecule has 0 unspecified atom stereocenters. The molecule has 2 aliphatic carbocycles. The molecule has 76 valence electrons. The van der Waals surface area contributed by atoms with Crippen LogP contribution in [0.25, 0.3) is 0 Å². The fourth-order valence-electron chi connectivity index (χ4n) is 2.49. The molecule has 0 spiro atoms. The molecule has 0 radical (unpaired) electrons. The van der Waals surface area contributed by atoms with Crippen molar-refractivity contribution in [2.45, 2.75) is 38.5 Å². The number of Topliss-reactive ketones (excluding diaryl/α,β-unsaturated/α-hetero) is 1. The molecule has 2 rings (SSSR count). The summed E-state index contributed by atoms with van der Waals surface area (Å²) in [4.78, 5) is 11.5. The molecule has 1 fully saturated rings. The van der Waals surface area contributed by atoms with E-state index >= 15 is 0 Å². The van der Waals surface area contributed by atoms with Crippen LogP contribution in [0.3, 0.4) is 0 Å². The topological polar surface area (TPSA) is 37.3 Å². The van der Waals surface area contributed by atoms with Crippen molar-refractivity contribution in [2.75, 3.05) is 0 Å². The molecule has 0 aromatic rings. The molecule has 0 heterocycles. The summed E-state index contributed by atoms with van der Waals surface area (Å²) in [5, 5.41) is 9.65. The van der Waals surface area contributed by atoms with Gasteiger partial charge in [0.25, 0.3) is 0 Å². The van der Waals surface area contributed by atoms with E-state index in [4.69, 9.17) is 0 Å². The van der Waals surface area contributed by atoms with Gasteiger partial charge >= 0.3 is 0 Å². The van der Waals surface area contributed by atoms with E-state index in [-0.39, 0.29) is 17.5 Å². The Morgan fingerprint density at radius 2 is 1.93 bits per heavy atom. The second-order valence-corrected chi connectivity index (χ2v) is 4.23. The minimum absolute atomic E-state index is 0.00176. The van der Waals surface area contributed by atoms with Gasteiger partial charge in [0.1, 0.15) is 0 Å². The Balaban J connectivity index is 2.28. The molecule has 1 saturated carbocycles. The van der Waals surface area contributed by atoms with Crippen LogP contribution < -0.4 is 0 Å². The third kappa shape index (κ3) is 1.39. The minimum atomic E-state index is -0.216. The Bertz CT molecular complexity index is 312. The van der Waals surface area contributed by atoms with Crippen molar-refractivity contribution in [1.29, 1.82) is 0 Å². The van der Waals surface area contributed by atoms with Crippen molar-refractivity contribution in [3.05, 3.63) is 23.5 Å². The van der Waals surface area contributed by atoms with E-state index < -0.39 is 0 Å². The molecule has 0 aromatic carbocycles. The van der Waals surface area contributed by atoms with Gasteiger partial charge in [-0.1, -0.05) is 25.8 Å². The van der Waals surface area contributed by atoms with Gasteiger partial charge in [0.05, 0.1) is 0 Å². The first-order valence-corrected chi connectivity index (χ1v) is 5.37. The highest BCUT2D eigenvalue weighted by atomic mass is 16.3. The average molecular weight is 192 g/mol. The zero-order valence-electron chi connectivity index (χ0n) is 8.38. The molecule has 2 nitrogen and oxygen atoms in total. The lowest BCUT2D eigenvalue weighted by molar-refractivity contribution is -0.114. The Kier molecular flexibility index (Phi) is 2.44. The van der Waals surface area contributed by atoms with E-state index in [0.29, 0.717) is 5.57 Å². The summed E-state index contributed by atoms with van der Waals surface area (Å²) in [6, 6.07) is 0. The summed E-state index contributed by atoms with van der Waals surface area (Å²) in [7, 11) is 0. The first-order valence-electron chi connectivity index (χ1n) is 5.37. The van der Waals surface area contributed by atoms with Crippen LogP contribution in [0.15, 0.2) is 23.5 Å². The number of rotatable bonds is 0. The fourth-order valence-corrected chi connectivity index (χ4v) is 2.49. The van der Waals surface area contributed by atoms with E-state index in [1.807, 2.05) is 0 Å². The maximum absolute atomic E-state index is 11.5. The summed E-state index contributed by atoms with van der Waals surface area (Å²) < 4.78 is 0. The largest absolute Gasteiger partial charge is 0.504 e. The fraction of sp³-hybridized carbons (Fsp3) is 0.583. The van der Waals surface area contributed by atoms with Crippen molar-refractivity contribution >= 4 is 5.78 Å². The Labute approximate surface area is 84.3 Å². The predicted molar refractivity (Wildman–Crippen MR) is 55.0 cm³/mol. The summed E-state index contributed by atoms with van der Waals surface area (Å²) >= 11 is 0. The molecule has 0 bridgehead atoms. The van der Waals surface area contributed by atoms with Crippen LogP contribution in [-0.4, -0.2) is 10.9 Å². The van der Waals surface area contributed by atoms with Gasteiger partial charge < -0.3 is 5.11 Å². The average Bonchev–Trinajstić information content (AvgIpc) is 2.31. The summed E-state index contributed by atoms with van der Waals surface area (Å²) in [6.07, 6.45) is 6.56. The number of carbonyl (C=O) groups excluding carboxylic acids is 1. The molecule has 2 heteroatoms. The maximum Gasteiger partial charge on any atom is 0.223 e. The second-order valence-electron chi connectivity index (χ2n) is 4.23. The van der Waals surface area contributed by atoms with Crippen LogP contribution in [0.2, 0.25) is 0 Å². The third-order valence-corrected chi connectivity index (χ3v) is 3.34. The predicted octanol–water partition coefficient (Wildman–Crippen LogP) is 2.91. The standard InChI is InChI=1S/C12H16O2/c1-8-9-6-4-2-3-5-7-10(9)12(14)11(8)13/h9,14H,1-7H2/t9-/m0/s1. The van der Waals surface area contributed by atoms with Crippen LogP contribution in [0.5, 0.6) is 0 Å². The molecule has 0 aliphatic heterocycles. The number of fused-ring (bicyclic) bond motifs is 1. The van der Waals surface area contributed by atoms with Crippen molar-refractivity contribution in [2.24, 2.45) is 5.92 Å². The lowest BCUT2D eigenvalue weighted by Crippen LogP contribution is -2.06. The molecular weight excluding hydrogens is 176 g/mol. The molecular formula is C12H16O2. The zero-order valence-corrected chi connectivity index (χ0v) is 8.38. The Morgan fingerprint density at radius 1 is 1.21 bits per heavy atom. The third-order valence-electron chi connectivity index (χ3n) is 3.34. The molecule has 1 N–H and O–H groups in total. The molecule has 14 heavy (non-hydrogen) atoms. The Morgan fingerprint density at radius 3 is 2.71 bits per heavy atom. The lowest BCUT2D eigenvalue weighted by Gasteiger charge is -2.17. The highest BCUT2D eigenvalue weighted by molar-refractivity contribution is 6.10. The monoisotopic (exact) mass is 192 g/mol. The number of hydrogen-bond acceptors (Lipinski definition) is 2. The summed E-state index contributed by atoms with van der Waals surface area (Å²) in [5.74, 6) is -0.0587. The van der Waals surface area contributed by atoms with Gasteiger partial charge in [-0.2, -0.15) is 0 Å². The van der Waals surface area contributed by atoms with E-state index in [0.717, 1.165) is 31.3 Å². The van der Waals surface area contributed by atoms with Crippen LogP contribution >= 0.6 is 0 Å². The molecule has 0 amide bonds. The molecule has 0 aromatic heterocycles. The Hall–Kier alpha value is -1.05. The number of carbonyl (C=O) groups is 1. The minimum Gasteiger partial charge on any atom is -0.504 e. The van der Waals surface area contributed by atoms with Gasteiger partial charge in [0.15, 0.2) is 5.76 Å². The highest BCUT2D eigenvalue weighted by Crippen LogP contribution is 2.39. The summed E-state index contributed by atoms with van der Waals surface area (Å²) in [5.41, 5.74) is 1.57. The highest BCUT2D eigenvalue weighted by Gasteiger charge is 2.35. The molecule has 1 atom stereocenters. The summed E-state index contributed by atoms with van der Waals surface area (Å²) in [6.45, 7) is 3.79. The van der Waals surface area contributed by atoms with Gasteiger partial charge in [0.2, 0.25) is 5.78 Å². The van der Waals surface area contributed by atoms with Crippen LogP contribution in [0.4, 0.5) is 0 Å². The van der Waals surface area contributed by atoms with Crippen LogP contribution in [0.1, 0.15) is 38.5 Å². The van der Waals surface area contributed by atoms with Gasteiger partial charge in [-0.15, -0.1) is 0 Å². The smallest absolute Gasteiger partial charge is 0.223 e. The van der Waals surface area contributed by atoms with Crippen molar-refractivity contribution in [1.82, 2.24) is 0 Å². The number of allylic oxidation sites excluding steroid dienone is 2. The van der Waals surface area contributed by atoms with E-state index in [9.17, 15) is 9.90 Å². The van der Waals surface area contributed by atoms with Gasteiger partial charge in [-0.3, -0.25) is 4.79 Å². The van der Waals surface area contributed by atoms with E-state index in [1.54, 1.807) is 0 Å². The normalized spacial score (nSPS) is 28.7. The van der Waals surface area contributed by atoms with Gasteiger partial charge in [0, 0.05) is 11.5 Å². The number of aliphatic hydroxyl groups excluding tert-OH is 1. The van der Waals surface area contributed by atoms with Crippen molar-refractivity contribution in [3.8, 4) is 0 Å². The first-order chi connectivity index (χ1) is 6.72. The van der Waals surface area contributed by atoms with Crippen LogP contribution in [-0.2, 0) is 4.79 Å². The molecule has 0 saturated heterocycles. The van der Waals surface area contributed by atoms with Crippen molar-refractivity contribution < 1.29 is 9.90 Å². The van der Waals surface area contributed by atoms with Crippen molar-refractivity contribution in [3.63, 3.8) is 0 Å². The number of aliphatic hydroxyl groups is 1. The van der Waals surface area contributed by atoms with Crippen LogP contribution in [0, 0.1) is 5.92 Å². The van der Waals surface area contributed by atoms with Gasteiger partial charge in [-0.05, 0) is 24.8 Å². The second kappa shape index (κ2) is 3.60. The maximum atomic E-state index is 11.5. The van der Waals surface area contributed by atoms with E-state index in [1.165, 1.54) is 12.8 Å². The van der Waals surface area contributed by atoms with E-state index in [2.05, 4.69) is 6.58 Å². The molecule has 2 aliphatic rings. The quantitative estimate of drug-likeness (QED) is 0.599.